The summed E-state index contributed by atoms with van der Waals surface area (Å²) >= 11 is 0. The van der Waals surface area contributed by atoms with Crippen LogP contribution in [0.15, 0.2) is 0 Å². The topological polar surface area (TPSA) is 49.8 Å². The van der Waals surface area contributed by atoms with Crippen LogP contribution in [-0.2, 0) is 9.53 Å². The van der Waals surface area contributed by atoms with Crippen LogP contribution in [0, 0.1) is 11.3 Å². The molecular formula is C15H27NO3. The summed E-state index contributed by atoms with van der Waals surface area (Å²) in [4.78, 5) is 13.9. The number of nitrogens with zero attached hydrogens (tertiary/aromatic N) is 1. The lowest BCUT2D eigenvalue weighted by Crippen LogP contribution is -2.52. The second-order valence-corrected chi connectivity index (χ2v) is 6.61. The van der Waals surface area contributed by atoms with Gasteiger partial charge < -0.3 is 14.6 Å². The van der Waals surface area contributed by atoms with Gasteiger partial charge in [-0.2, -0.15) is 0 Å². The van der Waals surface area contributed by atoms with Gasteiger partial charge >= 0.3 is 0 Å². The van der Waals surface area contributed by atoms with Crippen LogP contribution in [0.5, 0.6) is 0 Å². The summed E-state index contributed by atoms with van der Waals surface area (Å²) < 4.78 is 5.66. The Hall–Kier alpha value is -0.450. The van der Waals surface area contributed by atoms with E-state index in [1.165, 1.54) is 6.29 Å². The molecule has 1 heterocycles. The van der Waals surface area contributed by atoms with Crippen molar-refractivity contribution in [3.8, 4) is 0 Å². The zero-order chi connectivity index (χ0) is 13.9. The Balaban J connectivity index is 1.95. The lowest BCUT2D eigenvalue weighted by atomic mass is 9.71. The Morgan fingerprint density at radius 3 is 2.58 bits per heavy atom. The van der Waals surface area contributed by atoms with Gasteiger partial charge in [-0.3, -0.25) is 4.90 Å². The van der Waals surface area contributed by atoms with Crippen molar-refractivity contribution in [1.82, 2.24) is 4.90 Å². The Morgan fingerprint density at radius 1 is 1.32 bits per heavy atom. The van der Waals surface area contributed by atoms with Crippen molar-refractivity contribution in [2.75, 3.05) is 26.2 Å². The summed E-state index contributed by atoms with van der Waals surface area (Å²) in [6.45, 7) is 6.80. The number of ether oxygens (including phenoxy) is 1. The number of hydrogen-bond donors (Lipinski definition) is 1. The molecule has 1 N–H and O–H groups in total. The van der Waals surface area contributed by atoms with Crippen molar-refractivity contribution >= 4 is 6.29 Å². The van der Waals surface area contributed by atoms with E-state index in [-0.39, 0.29) is 24.2 Å². The third-order valence-electron chi connectivity index (χ3n) is 4.66. The Bertz CT molecular complexity index is 300. The summed E-state index contributed by atoms with van der Waals surface area (Å²) in [5, 5.41) is 9.27. The number of carbonyl (C=O) groups is 1. The summed E-state index contributed by atoms with van der Waals surface area (Å²) in [6.07, 6.45) is 5.55. The third-order valence-corrected chi connectivity index (χ3v) is 4.66. The first-order valence-electron chi connectivity index (χ1n) is 7.52. The zero-order valence-corrected chi connectivity index (χ0v) is 12.2. The molecule has 4 heteroatoms. The van der Waals surface area contributed by atoms with Crippen LogP contribution in [0.4, 0.5) is 0 Å². The minimum atomic E-state index is -0.163. The fraction of sp³-hybridized carbons (Fsp3) is 0.933. The zero-order valence-electron chi connectivity index (χ0n) is 12.2. The Kier molecular flexibility index (Phi) is 4.98. The average molecular weight is 269 g/mol. The number of hydrogen-bond acceptors (Lipinski definition) is 4. The molecule has 1 saturated carbocycles. The molecule has 0 radical (unpaired) electrons. The highest BCUT2D eigenvalue weighted by molar-refractivity contribution is 5.60. The molecule has 4 nitrogen and oxygen atoms in total. The van der Waals surface area contributed by atoms with Gasteiger partial charge in [0, 0.05) is 25.0 Å². The molecule has 0 spiro atoms. The molecule has 0 aromatic rings. The maximum Gasteiger partial charge on any atom is 0.127 e. The van der Waals surface area contributed by atoms with E-state index < -0.39 is 0 Å². The second-order valence-electron chi connectivity index (χ2n) is 6.61. The number of aliphatic hydroxyl groups excluding tert-OH is 1. The van der Waals surface area contributed by atoms with Crippen LogP contribution in [-0.4, -0.2) is 54.7 Å². The molecule has 2 atom stereocenters. The van der Waals surface area contributed by atoms with E-state index in [1.807, 2.05) is 6.92 Å². The predicted octanol–water partition coefficient (Wildman–Crippen LogP) is 1.46. The minimum absolute atomic E-state index is 0.0615. The van der Waals surface area contributed by atoms with Gasteiger partial charge in [-0.1, -0.05) is 6.92 Å². The molecule has 2 unspecified atom stereocenters. The monoisotopic (exact) mass is 269 g/mol. The Labute approximate surface area is 116 Å². The van der Waals surface area contributed by atoms with Crippen molar-refractivity contribution in [2.45, 2.75) is 51.7 Å². The van der Waals surface area contributed by atoms with Crippen LogP contribution in [0.25, 0.3) is 0 Å². The highest BCUT2D eigenvalue weighted by atomic mass is 16.5. The van der Waals surface area contributed by atoms with Gasteiger partial charge in [-0.15, -0.1) is 0 Å². The summed E-state index contributed by atoms with van der Waals surface area (Å²) in [5.41, 5.74) is -0.163. The van der Waals surface area contributed by atoms with Crippen LogP contribution in [0.1, 0.15) is 39.5 Å². The summed E-state index contributed by atoms with van der Waals surface area (Å²) in [6, 6.07) is 0. The molecule has 19 heavy (non-hydrogen) atoms. The van der Waals surface area contributed by atoms with Crippen molar-refractivity contribution in [3.05, 3.63) is 0 Å². The van der Waals surface area contributed by atoms with Crippen LogP contribution in [0.3, 0.4) is 0 Å². The molecule has 1 aliphatic heterocycles. The van der Waals surface area contributed by atoms with Gasteiger partial charge in [-0.25, -0.2) is 0 Å². The van der Waals surface area contributed by atoms with E-state index in [9.17, 15) is 9.90 Å². The largest absolute Gasteiger partial charge is 0.394 e. The molecule has 0 amide bonds. The summed E-state index contributed by atoms with van der Waals surface area (Å²) in [5.74, 6) is 0.752. The predicted molar refractivity (Wildman–Crippen MR) is 74.0 cm³/mol. The van der Waals surface area contributed by atoms with E-state index in [0.717, 1.165) is 51.2 Å². The number of aliphatic hydroxyl groups is 1. The lowest BCUT2D eigenvalue weighted by molar-refractivity contribution is -0.126. The number of carbonyl (C=O) groups excluding carboxylic acids is 1. The molecule has 1 saturated heterocycles. The number of rotatable bonds is 4. The van der Waals surface area contributed by atoms with Crippen LogP contribution < -0.4 is 0 Å². The molecule has 1 aliphatic carbocycles. The van der Waals surface area contributed by atoms with E-state index in [1.54, 1.807) is 0 Å². The molecule has 0 bridgehead atoms. The Morgan fingerprint density at radius 2 is 2.00 bits per heavy atom. The average Bonchev–Trinajstić information content (AvgIpc) is 2.41. The van der Waals surface area contributed by atoms with Gasteiger partial charge in [0.2, 0.25) is 0 Å². The van der Waals surface area contributed by atoms with Crippen molar-refractivity contribution in [1.29, 1.82) is 0 Å². The molecular weight excluding hydrogens is 242 g/mol. The SMILES string of the molecule is CC1CCC(C=O)(CN2CC(C)OC(CO)C2)CC1. The van der Waals surface area contributed by atoms with Gasteiger partial charge in [0.15, 0.2) is 0 Å². The molecule has 0 aromatic heterocycles. The maximum absolute atomic E-state index is 11.6. The van der Waals surface area contributed by atoms with Gasteiger partial charge in [0.05, 0.1) is 18.8 Å². The van der Waals surface area contributed by atoms with E-state index in [4.69, 9.17) is 4.74 Å². The fourth-order valence-corrected chi connectivity index (χ4v) is 3.47. The number of morpholine rings is 1. The first-order valence-corrected chi connectivity index (χ1v) is 7.52. The van der Waals surface area contributed by atoms with Gasteiger partial charge in [0.25, 0.3) is 0 Å². The lowest BCUT2D eigenvalue weighted by Gasteiger charge is -2.43. The highest BCUT2D eigenvalue weighted by Crippen LogP contribution is 2.38. The van der Waals surface area contributed by atoms with Crippen molar-refractivity contribution < 1.29 is 14.6 Å². The maximum atomic E-state index is 11.6. The van der Waals surface area contributed by atoms with E-state index >= 15 is 0 Å². The van der Waals surface area contributed by atoms with E-state index in [0.29, 0.717) is 0 Å². The van der Waals surface area contributed by atoms with E-state index in [2.05, 4.69) is 11.8 Å². The molecule has 2 aliphatic rings. The fourth-order valence-electron chi connectivity index (χ4n) is 3.47. The smallest absolute Gasteiger partial charge is 0.127 e. The van der Waals surface area contributed by atoms with Crippen molar-refractivity contribution in [3.63, 3.8) is 0 Å². The standard InChI is InChI=1S/C15H27NO3/c1-12-3-5-15(11-18,6-4-12)10-16-7-13(2)19-14(8-16)9-17/h11-14,17H,3-10H2,1-2H3. The van der Waals surface area contributed by atoms with Gasteiger partial charge in [0.1, 0.15) is 6.29 Å². The van der Waals surface area contributed by atoms with Crippen LogP contribution >= 0.6 is 0 Å². The van der Waals surface area contributed by atoms with Crippen LogP contribution in [0.2, 0.25) is 0 Å². The normalized spacial score (nSPS) is 41.1. The van der Waals surface area contributed by atoms with Gasteiger partial charge in [-0.05, 0) is 38.5 Å². The quantitative estimate of drug-likeness (QED) is 0.785. The molecule has 0 aromatic carbocycles. The first kappa shape index (κ1) is 14.9. The summed E-state index contributed by atoms with van der Waals surface area (Å²) in [7, 11) is 0. The molecule has 2 rings (SSSR count). The third kappa shape index (κ3) is 3.77. The molecule has 110 valence electrons. The number of aldehydes is 1. The molecule has 2 fully saturated rings. The first-order chi connectivity index (χ1) is 9.07. The highest BCUT2D eigenvalue weighted by Gasteiger charge is 2.37. The second kappa shape index (κ2) is 6.33. The minimum Gasteiger partial charge on any atom is -0.394 e. The van der Waals surface area contributed by atoms with Crippen molar-refractivity contribution in [2.24, 2.45) is 11.3 Å².